The van der Waals surface area contributed by atoms with Crippen molar-refractivity contribution in [1.29, 1.82) is 0 Å². The molecule has 2 atom stereocenters. The lowest BCUT2D eigenvalue weighted by Gasteiger charge is -2.52. The van der Waals surface area contributed by atoms with E-state index in [0.717, 1.165) is 11.3 Å². The number of aliphatic hydroxyl groups is 1. The third kappa shape index (κ3) is 1.20. The average molecular weight is 252 g/mol. The molecule has 5 heteroatoms. The predicted molar refractivity (Wildman–Crippen MR) is 66.6 cm³/mol. The molecule has 2 fully saturated rings. The zero-order valence-corrected chi connectivity index (χ0v) is 11.2. The first-order chi connectivity index (χ1) is 8.33. The van der Waals surface area contributed by atoms with Crippen molar-refractivity contribution >= 4 is 11.9 Å². The molecule has 0 spiro atoms. The van der Waals surface area contributed by atoms with E-state index in [0.29, 0.717) is 24.8 Å². The van der Waals surface area contributed by atoms with Crippen LogP contribution in [-0.2, 0) is 4.79 Å². The SMILES string of the molecule is C=C1CC[C@]2(CCC)C(=O)N(C)C(=O)N(C)[C@]12O. The number of rotatable bonds is 2. The Hall–Kier alpha value is -1.36. The van der Waals surface area contributed by atoms with Crippen molar-refractivity contribution in [2.75, 3.05) is 14.1 Å². The van der Waals surface area contributed by atoms with Gasteiger partial charge in [0.25, 0.3) is 0 Å². The Morgan fingerprint density at radius 1 is 1.39 bits per heavy atom. The van der Waals surface area contributed by atoms with Crippen LogP contribution in [0.1, 0.15) is 32.6 Å². The summed E-state index contributed by atoms with van der Waals surface area (Å²) in [4.78, 5) is 26.9. The van der Waals surface area contributed by atoms with Crippen LogP contribution in [-0.4, -0.2) is 46.7 Å². The van der Waals surface area contributed by atoms with Crippen molar-refractivity contribution in [3.05, 3.63) is 12.2 Å². The molecule has 1 saturated heterocycles. The predicted octanol–water partition coefficient (Wildman–Crippen LogP) is 1.34. The highest BCUT2D eigenvalue weighted by molar-refractivity contribution is 6.02. The number of likely N-dealkylation sites (N-methyl/N-ethyl adjacent to an activating group) is 1. The topological polar surface area (TPSA) is 60.9 Å². The molecule has 1 aliphatic carbocycles. The Morgan fingerprint density at radius 3 is 2.56 bits per heavy atom. The van der Waals surface area contributed by atoms with Gasteiger partial charge < -0.3 is 5.11 Å². The molecule has 18 heavy (non-hydrogen) atoms. The van der Waals surface area contributed by atoms with Crippen molar-refractivity contribution < 1.29 is 14.7 Å². The molecule has 5 nitrogen and oxygen atoms in total. The highest BCUT2D eigenvalue weighted by Crippen LogP contribution is 2.56. The minimum atomic E-state index is -1.52. The van der Waals surface area contributed by atoms with Gasteiger partial charge in [-0.2, -0.15) is 0 Å². The number of carbonyl (C=O) groups excluding carboxylic acids is 2. The van der Waals surface area contributed by atoms with Gasteiger partial charge in [-0.15, -0.1) is 0 Å². The standard InChI is InChI=1S/C13H20N2O3/c1-5-7-12-8-6-9(2)13(12,18)15(4)11(17)14(3)10(12)16/h18H,2,5-8H2,1,3-4H3/t12-,13+/m1/s1. The Labute approximate surface area is 107 Å². The van der Waals surface area contributed by atoms with Crippen LogP contribution < -0.4 is 0 Å². The third-order valence-corrected chi connectivity index (χ3v) is 4.46. The molecular formula is C13H20N2O3. The van der Waals surface area contributed by atoms with Gasteiger partial charge >= 0.3 is 6.03 Å². The average Bonchev–Trinajstić information content (AvgIpc) is 2.61. The molecule has 1 aliphatic heterocycles. The minimum Gasteiger partial charge on any atom is -0.366 e. The fourth-order valence-electron chi connectivity index (χ4n) is 3.47. The molecule has 0 aromatic carbocycles. The Kier molecular flexibility index (Phi) is 2.77. The minimum absolute atomic E-state index is 0.284. The molecule has 0 radical (unpaired) electrons. The highest BCUT2D eigenvalue weighted by Gasteiger charge is 2.67. The maximum Gasteiger partial charge on any atom is 0.328 e. The first-order valence-electron chi connectivity index (χ1n) is 6.29. The first-order valence-corrected chi connectivity index (χ1v) is 6.29. The molecular weight excluding hydrogens is 232 g/mol. The number of nitrogens with zero attached hydrogens (tertiary/aromatic N) is 2. The zero-order chi connectivity index (χ0) is 13.7. The smallest absolute Gasteiger partial charge is 0.328 e. The van der Waals surface area contributed by atoms with Gasteiger partial charge in [0.15, 0.2) is 5.72 Å². The molecule has 0 bridgehead atoms. The van der Waals surface area contributed by atoms with Gasteiger partial charge in [0.2, 0.25) is 5.91 Å². The van der Waals surface area contributed by atoms with Crippen LogP contribution in [0.25, 0.3) is 0 Å². The Morgan fingerprint density at radius 2 is 2.00 bits per heavy atom. The number of imide groups is 1. The maximum absolute atomic E-state index is 12.5. The maximum atomic E-state index is 12.5. The molecule has 0 aromatic rings. The van der Waals surface area contributed by atoms with Gasteiger partial charge in [-0.05, 0) is 24.8 Å². The summed E-state index contributed by atoms with van der Waals surface area (Å²) >= 11 is 0. The second kappa shape index (κ2) is 3.82. The van der Waals surface area contributed by atoms with E-state index in [1.165, 1.54) is 19.0 Å². The van der Waals surface area contributed by atoms with Crippen molar-refractivity contribution in [3.8, 4) is 0 Å². The number of amides is 3. The number of hydrogen-bond donors (Lipinski definition) is 1. The zero-order valence-electron chi connectivity index (χ0n) is 11.2. The highest BCUT2D eigenvalue weighted by atomic mass is 16.3. The van der Waals surface area contributed by atoms with E-state index < -0.39 is 17.2 Å². The Bertz CT molecular complexity index is 434. The van der Waals surface area contributed by atoms with Crippen LogP contribution in [0.4, 0.5) is 4.79 Å². The van der Waals surface area contributed by atoms with Gasteiger partial charge in [-0.1, -0.05) is 19.9 Å². The molecule has 1 N–H and O–H groups in total. The van der Waals surface area contributed by atoms with E-state index >= 15 is 0 Å². The van der Waals surface area contributed by atoms with Gasteiger partial charge in [-0.25, -0.2) is 4.79 Å². The second-order valence-electron chi connectivity index (χ2n) is 5.31. The monoisotopic (exact) mass is 252 g/mol. The van der Waals surface area contributed by atoms with Crippen LogP contribution in [0.15, 0.2) is 12.2 Å². The fourth-order valence-corrected chi connectivity index (χ4v) is 3.47. The largest absolute Gasteiger partial charge is 0.366 e. The van der Waals surface area contributed by atoms with Crippen molar-refractivity contribution in [1.82, 2.24) is 9.80 Å². The summed E-state index contributed by atoms with van der Waals surface area (Å²) in [5.74, 6) is -0.284. The fraction of sp³-hybridized carbons (Fsp3) is 0.692. The quantitative estimate of drug-likeness (QED) is 0.754. The molecule has 2 aliphatic rings. The molecule has 0 aromatic heterocycles. The lowest BCUT2D eigenvalue weighted by atomic mass is 9.72. The van der Waals surface area contributed by atoms with Crippen molar-refractivity contribution in [3.63, 3.8) is 0 Å². The van der Waals surface area contributed by atoms with E-state index in [2.05, 4.69) is 6.58 Å². The number of carbonyl (C=O) groups is 2. The lowest BCUT2D eigenvalue weighted by molar-refractivity contribution is -0.182. The third-order valence-electron chi connectivity index (χ3n) is 4.46. The van der Waals surface area contributed by atoms with Crippen molar-refractivity contribution in [2.24, 2.45) is 5.41 Å². The van der Waals surface area contributed by atoms with E-state index in [1.807, 2.05) is 6.92 Å². The summed E-state index contributed by atoms with van der Waals surface area (Å²) in [6.07, 6.45) is 2.46. The van der Waals surface area contributed by atoms with Crippen LogP contribution in [0.2, 0.25) is 0 Å². The summed E-state index contributed by atoms with van der Waals surface area (Å²) in [5.41, 5.74) is -1.88. The summed E-state index contributed by atoms with van der Waals surface area (Å²) in [6, 6.07) is -0.475. The summed E-state index contributed by atoms with van der Waals surface area (Å²) in [6.45, 7) is 5.84. The van der Waals surface area contributed by atoms with Gasteiger partial charge in [0.1, 0.15) is 5.41 Å². The second-order valence-corrected chi connectivity index (χ2v) is 5.31. The van der Waals surface area contributed by atoms with Gasteiger partial charge in [-0.3, -0.25) is 14.6 Å². The molecule has 2 rings (SSSR count). The van der Waals surface area contributed by atoms with Crippen LogP contribution in [0, 0.1) is 5.41 Å². The first kappa shape index (κ1) is 13.1. The molecule has 0 unspecified atom stereocenters. The van der Waals surface area contributed by atoms with Crippen molar-refractivity contribution in [2.45, 2.75) is 38.3 Å². The van der Waals surface area contributed by atoms with Crippen LogP contribution >= 0.6 is 0 Å². The number of fused-ring (bicyclic) bond motifs is 1. The van der Waals surface area contributed by atoms with Gasteiger partial charge in [0, 0.05) is 14.1 Å². The van der Waals surface area contributed by atoms with Gasteiger partial charge in [0.05, 0.1) is 0 Å². The number of urea groups is 1. The number of hydrogen-bond acceptors (Lipinski definition) is 3. The molecule has 1 saturated carbocycles. The summed E-state index contributed by atoms with van der Waals surface area (Å²) in [5, 5.41) is 10.9. The van der Waals surface area contributed by atoms with Crippen LogP contribution in [0.3, 0.4) is 0 Å². The normalized spacial score (nSPS) is 36.3. The van der Waals surface area contributed by atoms with Crippen LogP contribution in [0.5, 0.6) is 0 Å². The Balaban J connectivity index is 2.61. The van der Waals surface area contributed by atoms with E-state index in [1.54, 1.807) is 0 Å². The molecule has 3 amide bonds. The summed E-state index contributed by atoms with van der Waals surface area (Å²) < 4.78 is 0. The lowest BCUT2D eigenvalue weighted by Crippen LogP contribution is -2.71. The molecule has 1 heterocycles. The van der Waals surface area contributed by atoms with E-state index in [4.69, 9.17) is 0 Å². The summed E-state index contributed by atoms with van der Waals surface area (Å²) in [7, 11) is 3.01. The van der Waals surface area contributed by atoms with E-state index in [-0.39, 0.29) is 5.91 Å². The molecule has 100 valence electrons. The van der Waals surface area contributed by atoms with E-state index in [9.17, 15) is 14.7 Å².